The van der Waals surface area contributed by atoms with Crippen molar-refractivity contribution in [2.24, 2.45) is 5.73 Å². The van der Waals surface area contributed by atoms with Gasteiger partial charge in [0.2, 0.25) is 0 Å². The molecule has 0 spiro atoms. The highest BCUT2D eigenvalue weighted by Crippen LogP contribution is 2.16. The first-order chi connectivity index (χ1) is 8.66. The van der Waals surface area contributed by atoms with Gasteiger partial charge < -0.3 is 10.6 Å². The molecule has 0 fully saturated rings. The summed E-state index contributed by atoms with van der Waals surface area (Å²) in [6, 6.07) is 18.0. The largest absolute Gasteiger partial charge is 0.384 e. The van der Waals surface area contributed by atoms with Crippen molar-refractivity contribution in [3.05, 3.63) is 65.7 Å². The molecule has 0 radical (unpaired) electrons. The first kappa shape index (κ1) is 12.2. The molecule has 0 heterocycles. The van der Waals surface area contributed by atoms with Crippen LogP contribution < -0.4 is 10.6 Å². The van der Waals surface area contributed by atoms with E-state index < -0.39 is 0 Å². The van der Waals surface area contributed by atoms with Gasteiger partial charge in [-0.15, -0.1) is 0 Å². The van der Waals surface area contributed by atoms with E-state index in [4.69, 9.17) is 11.1 Å². The van der Waals surface area contributed by atoms with E-state index in [1.165, 1.54) is 5.56 Å². The van der Waals surface area contributed by atoms with Gasteiger partial charge in [0.25, 0.3) is 0 Å². The van der Waals surface area contributed by atoms with Crippen LogP contribution in [-0.2, 0) is 6.54 Å². The highest BCUT2D eigenvalue weighted by molar-refractivity contribution is 5.95. The lowest BCUT2D eigenvalue weighted by atomic mass is 10.1. The maximum Gasteiger partial charge on any atom is 0.122 e. The number of nitrogens with one attached hydrogen (secondary N) is 1. The van der Waals surface area contributed by atoms with Crippen molar-refractivity contribution < 1.29 is 0 Å². The molecule has 3 N–H and O–H groups in total. The Morgan fingerprint density at radius 2 is 1.67 bits per heavy atom. The van der Waals surface area contributed by atoms with E-state index in [-0.39, 0.29) is 5.84 Å². The van der Waals surface area contributed by atoms with E-state index in [1.54, 1.807) is 0 Å². The summed E-state index contributed by atoms with van der Waals surface area (Å²) in [5.74, 6) is 0.104. The standard InChI is InChI=1S/C15H17N3/c1-18(11-12-5-3-2-4-6-12)14-9-7-13(8-10-14)15(16)17/h2-10H,11H2,1H3,(H3,16,17). The molecule has 0 aliphatic rings. The van der Waals surface area contributed by atoms with Crippen LogP contribution in [0.4, 0.5) is 5.69 Å². The fraction of sp³-hybridized carbons (Fsp3) is 0.133. The van der Waals surface area contributed by atoms with Crippen LogP contribution in [-0.4, -0.2) is 12.9 Å². The van der Waals surface area contributed by atoms with Crippen molar-refractivity contribution in [3.63, 3.8) is 0 Å². The average molecular weight is 239 g/mol. The third kappa shape index (κ3) is 2.88. The second kappa shape index (κ2) is 5.36. The molecule has 0 amide bonds. The van der Waals surface area contributed by atoms with Crippen molar-refractivity contribution in [3.8, 4) is 0 Å². The summed E-state index contributed by atoms with van der Waals surface area (Å²) in [4.78, 5) is 2.17. The second-order valence-corrected chi connectivity index (χ2v) is 4.30. The molecule has 0 saturated carbocycles. The van der Waals surface area contributed by atoms with Gasteiger partial charge in [-0.05, 0) is 29.8 Å². The highest BCUT2D eigenvalue weighted by atomic mass is 15.1. The Kier molecular flexibility index (Phi) is 3.63. The average Bonchev–Trinajstić information content (AvgIpc) is 2.40. The summed E-state index contributed by atoms with van der Waals surface area (Å²) in [6.45, 7) is 0.861. The summed E-state index contributed by atoms with van der Waals surface area (Å²) in [6.07, 6.45) is 0. The van der Waals surface area contributed by atoms with Crippen LogP contribution in [0.25, 0.3) is 0 Å². The Labute approximate surface area is 107 Å². The van der Waals surface area contributed by atoms with E-state index in [2.05, 4.69) is 24.1 Å². The minimum atomic E-state index is 0.104. The van der Waals surface area contributed by atoms with Gasteiger partial charge in [0.15, 0.2) is 0 Å². The van der Waals surface area contributed by atoms with Crippen molar-refractivity contribution >= 4 is 11.5 Å². The van der Waals surface area contributed by atoms with Gasteiger partial charge in [0.05, 0.1) is 0 Å². The molecular formula is C15H17N3. The number of anilines is 1. The monoisotopic (exact) mass is 239 g/mol. The Morgan fingerprint density at radius 3 is 2.22 bits per heavy atom. The molecule has 0 aromatic heterocycles. The highest BCUT2D eigenvalue weighted by Gasteiger charge is 2.02. The van der Waals surface area contributed by atoms with Gasteiger partial charge in [0.1, 0.15) is 5.84 Å². The van der Waals surface area contributed by atoms with Gasteiger partial charge in [-0.1, -0.05) is 30.3 Å². The summed E-state index contributed by atoms with van der Waals surface area (Å²) < 4.78 is 0. The van der Waals surface area contributed by atoms with Crippen molar-refractivity contribution in [1.29, 1.82) is 5.41 Å². The number of hydrogen-bond acceptors (Lipinski definition) is 2. The van der Waals surface area contributed by atoms with Gasteiger partial charge >= 0.3 is 0 Å². The predicted molar refractivity (Wildman–Crippen MR) is 76.0 cm³/mol. The molecule has 18 heavy (non-hydrogen) atoms. The van der Waals surface area contributed by atoms with Crippen molar-refractivity contribution in [2.45, 2.75) is 6.54 Å². The Balaban J connectivity index is 2.09. The zero-order valence-electron chi connectivity index (χ0n) is 10.4. The number of rotatable bonds is 4. The van der Waals surface area contributed by atoms with Crippen LogP contribution >= 0.6 is 0 Å². The zero-order valence-corrected chi connectivity index (χ0v) is 10.4. The van der Waals surface area contributed by atoms with Crippen LogP contribution in [0.5, 0.6) is 0 Å². The van der Waals surface area contributed by atoms with Gasteiger partial charge in [-0.3, -0.25) is 5.41 Å². The number of hydrogen-bond donors (Lipinski definition) is 2. The third-order valence-corrected chi connectivity index (χ3v) is 2.88. The minimum Gasteiger partial charge on any atom is -0.384 e. The lowest BCUT2D eigenvalue weighted by molar-refractivity contribution is 0.923. The number of nitrogens with zero attached hydrogens (tertiary/aromatic N) is 1. The number of benzene rings is 2. The second-order valence-electron chi connectivity index (χ2n) is 4.30. The molecule has 92 valence electrons. The quantitative estimate of drug-likeness (QED) is 0.636. The Morgan fingerprint density at radius 1 is 1.06 bits per heavy atom. The number of amidine groups is 1. The molecule has 2 aromatic rings. The minimum absolute atomic E-state index is 0.104. The fourth-order valence-corrected chi connectivity index (χ4v) is 1.84. The van der Waals surface area contributed by atoms with Crippen LogP contribution in [0, 0.1) is 5.41 Å². The van der Waals surface area contributed by atoms with Gasteiger partial charge in [0, 0.05) is 24.8 Å². The maximum atomic E-state index is 7.36. The van der Waals surface area contributed by atoms with Gasteiger partial charge in [-0.25, -0.2) is 0 Å². The van der Waals surface area contributed by atoms with Gasteiger partial charge in [-0.2, -0.15) is 0 Å². The SMILES string of the molecule is CN(Cc1ccccc1)c1ccc(C(=N)N)cc1. The fourth-order valence-electron chi connectivity index (χ4n) is 1.84. The lowest BCUT2D eigenvalue weighted by Gasteiger charge is -2.19. The molecular weight excluding hydrogens is 222 g/mol. The molecule has 0 aliphatic heterocycles. The molecule has 0 saturated heterocycles. The van der Waals surface area contributed by atoms with E-state index in [0.717, 1.165) is 17.8 Å². The lowest BCUT2D eigenvalue weighted by Crippen LogP contribution is -2.17. The summed E-state index contributed by atoms with van der Waals surface area (Å²) in [5, 5.41) is 7.36. The number of nitrogens with two attached hydrogens (primary N) is 1. The molecule has 0 atom stereocenters. The van der Waals surface area contributed by atoms with E-state index >= 15 is 0 Å². The third-order valence-electron chi connectivity index (χ3n) is 2.88. The summed E-state index contributed by atoms with van der Waals surface area (Å²) >= 11 is 0. The van der Waals surface area contributed by atoms with E-state index in [0.29, 0.717) is 0 Å². The summed E-state index contributed by atoms with van der Waals surface area (Å²) in [7, 11) is 2.05. The Bertz CT molecular complexity index is 517. The predicted octanol–water partition coefficient (Wildman–Crippen LogP) is 2.61. The van der Waals surface area contributed by atoms with Crippen LogP contribution in [0.3, 0.4) is 0 Å². The number of nitrogen functional groups attached to an aromatic ring is 1. The first-order valence-electron chi connectivity index (χ1n) is 5.86. The van der Waals surface area contributed by atoms with Crippen LogP contribution in [0.15, 0.2) is 54.6 Å². The van der Waals surface area contributed by atoms with Crippen LogP contribution in [0.1, 0.15) is 11.1 Å². The molecule has 0 aliphatic carbocycles. The zero-order chi connectivity index (χ0) is 13.0. The molecule has 0 bridgehead atoms. The van der Waals surface area contributed by atoms with Crippen LogP contribution in [0.2, 0.25) is 0 Å². The van der Waals surface area contributed by atoms with Crippen molar-refractivity contribution in [2.75, 3.05) is 11.9 Å². The maximum absolute atomic E-state index is 7.36. The summed E-state index contributed by atoms with van der Waals surface area (Å²) in [5.41, 5.74) is 8.58. The van der Waals surface area contributed by atoms with E-state index in [9.17, 15) is 0 Å². The molecule has 2 aromatic carbocycles. The molecule has 3 nitrogen and oxygen atoms in total. The topological polar surface area (TPSA) is 53.1 Å². The molecule has 3 heteroatoms. The Hall–Kier alpha value is -2.29. The van der Waals surface area contributed by atoms with Crippen molar-refractivity contribution in [1.82, 2.24) is 0 Å². The first-order valence-corrected chi connectivity index (χ1v) is 5.86. The molecule has 0 unspecified atom stereocenters. The molecule has 2 rings (SSSR count). The van der Waals surface area contributed by atoms with E-state index in [1.807, 2.05) is 42.5 Å². The normalized spacial score (nSPS) is 10.1. The smallest absolute Gasteiger partial charge is 0.122 e.